The smallest absolute Gasteiger partial charge is 0.266 e. The maximum atomic E-state index is 13.0. The Morgan fingerprint density at radius 3 is 2.85 bits per heavy atom. The highest BCUT2D eigenvalue weighted by atomic mass is 32.1. The van der Waals surface area contributed by atoms with Crippen molar-refractivity contribution in [3.63, 3.8) is 0 Å². The summed E-state index contributed by atoms with van der Waals surface area (Å²) >= 11 is 1.43. The molecular weight excluding hydrogens is 364 g/mol. The second-order valence-electron chi connectivity index (χ2n) is 6.46. The number of hydrogen-bond acceptors (Lipinski definition) is 7. The van der Waals surface area contributed by atoms with Crippen LogP contribution in [0.15, 0.2) is 28.8 Å². The van der Waals surface area contributed by atoms with Crippen LogP contribution in [0.4, 0.5) is 0 Å². The van der Waals surface area contributed by atoms with Crippen LogP contribution < -0.4 is 4.74 Å². The van der Waals surface area contributed by atoms with Gasteiger partial charge in [-0.2, -0.15) is 4.98 Å². The number of methoxy groups -OCH3 is 1. The van der Waals surface area contributed by atoms with Crippen molar-refractivity contribution in [2.75, 3.05) is 13.7 Å². The molecular formula is C19H20N4O3S. The van der Waals surface area contributed by atoms with Gasteiger partial charge in [0.25, 0.3) is 5.91 Å². The van der Waals surface area contributed by atoms with Crippen LogP contribution in [0.1, 0.15) is 45.1 Å². The van der Waals surface area contributed by atoms with E-state index < -0.39 is 0 Å². The molecule has 0 spiro atoms. The van der Waals surface area contributed by atoms with Crippen LogP contribution in [0.25, 0.3) is 11.4 Å². The zero-order valence-electron chi connectivity index (χ0n) is 15.4. The molecule has 1 unspecified atom stereocenters. The number of hydrogen-bond donors (Lipinski definition) is 0. The third-order valence-electron chi connectivity index (χ3n) is 4.69. The first kappa shape index (κ1) is 17.7. The molecule has 0 saturated carbocycles. The summed E-state index contributed by atoms with van der Waals surface area (Å²) in [7, 11) is 1.61. The van der Waals surface area contributed by atoms with Crippen molar-refractivity contribution in [3.05, 3.63) is 45.7 Å². The van der Waals surface area contributed by atoms with Crippen LogP contribution in [0.2, 0.25) is 0 Å². The van der Waals surface area contributed by atoms with Gasteiger partial charge in [0.2, 0.25) is 11.7 Å². The summed E-state index contributed by atoms with van der Waals surface area (Å²) in [6.45, 7) is 4.45. The van der Waals surface area contributed by atoms with Gasteiger partial charge >= 0.3 is 0 Å². The third kappa shape index (κ3) is 3.21. The maximum absolute atomic E-state index is 13.0. The number of aromatic nitrogens is 3. The SMILES string of the molecule is COc1ccccc1-c1noc(C2CCCN2C(=O)c2sc(C)nc2C)n1. The van der Waals surface area contributed by atoms with E-state index in [9.17, 15) is 4.79 Å². The molecule has 4 rings (SSSR count). The fourth-order valence-corrected chi connectivity index (χ4v) is 4.31. The molecule has 0 aliphatic carbocycles. The van der Waals surface area contributed by atoms with Crippen molar-refractivity contribution in [1.29, 1.82) is 0 Å². The minimum atomic E-state index is -0.213. The quantitative estimate of drug-likeness (QED) is 0.681. The molecule has 140 valence electrons. The molecule has 1 saturated heterocycles. The molecule has 0 N–H and O–H groups in total. The van der Waals surface area contributed by atoms with Crippen LogP contribution in [0.5, 0.6) is 5.75 Å². The average Bonchev–Trinajstić information content (AvgIpc) is 3.40. The van der Waals surface area contributed by atoms with E-state index in [0.29, 0.717) is 28.9 Å². The minimum absolute atomic E-state index is 0.0161. The molecule has 1 aliphatic heterocycles. The normalized spacial score (nSPS) is 16.7. The van der Waals surface area contributed by atoms with Crippen molar-refractivity contribution in [2.45, 2.75) is 32.7 Å². The van der Waals surface area contributed by atoms with Gasteiger partial charge in [-0.3, -0.25) is 4.79 Å². The van der Waals surface area contributed by atoms with Gasteiger partial charge < -0.3 is 14.2 Å². The number of likely N-dealkylation sites (tertiary alicyclic amines) is 1. The lowest BCUT2D eigenvalue weighted by molar-refractivity contribution is 0.0714. The molecule has 7 nitrogen and oxygen atoms in total. The first-order valence-corrected chi connectivity index (χ1v) is 9.62. The summed E-state index contributed by atoms with van der Waals surface area (Å²) in [5.41, 5.74) is 1.54. The maximum Gasteiger partial charge on any atom is 0.266 e. The molecule has 1 fully saturated rings. The third-order valence-corrected chi connectivity index (χ3v) is 5.75. The zero-order chi connectivity index (χ0) is 19.0. The Bertz CT molecular complexity index is 981. The number of nitrogens with zero attached hydrogens (tertiary/aromatic N) is 4. The Kier molecular flexibility index (Phi) is 4.65. The topological polar surface area (TPSA) is 81.4 Å². The van der Waals surface area contributed by atoms with E-state index in [1.54, 1.807) is 7.11 Å². The molecule has 3 heterocycles. The van der Waals surface area contributed by atoms with Crippen LogP contribution in [-0.2, 0) is 0 Å². The van der Waals surface area contributed by atoms with Gasteiger partial charge in [-0.05, 0) is 38.8 Å². The van der Waals surface area contributed by atoms with Gasteiger partial charge in [-0.15, -0.1) is 11.3 Å². The minimum Gasteiger partial charge on any atom is -0.496 e. The van der Waals surface area contributed by atoms with Gasteiger partial charge in [0.15, 0.2) is 0 Å². The van der Waals surface area contributed by atoms with Crippen LogP contribution in [0, 0.1) is 13.8 Å². The summed E-state index contributed by atoms with van der Waals surface area (Å²) in [4.78, 5) is 24.5. The molecule has 27 heavy (non-hydrogen) atoms. The van der Waals surface area contributed by atoms with E-state index in [1.807, 2.05) is 43.0 Å². The number of carbonyl (C=O) groups is 1. The molecule has 1 atom stereocenters. The van der Waals surface area contributed by atoms with Crippen molar-refractivity contribution in [3.8, 4) is 17.1 Å². The average molecular weight is 384 g/mol. The van der Waals surface area contributed by atoms with E-state index >= 15 is 0 Å². The Hall–Kier alpha value is -2.74. The van der Waals surface area contributed by atoms with Gasteiger partial charge in [0, 0.05) is 6.54 Å². The molecule has 0 radical (unpaired) electrons. The van der Waals surface area contributed by atoms with Crippen molar-refractivity contribution in [2.24, 2.45) is 0 Å². The molecule has 0 bridgehead atoms. The van der Waals surface area contributed by atoms with Gasteiger partial charge in [0.05, 0.1) is 23.4 Å². The highest BCUT2D eigenvalue weighted by molar-refractivity contribution is 7.13. The van der Waals surface area contributed by atoms with Crippen LogP contribution in [-0.4, -0.2) is 39.6 Å². The van der Waals surface area contributed by atoms with Crippen molar-refractivity contribution >= 4 is 17.2 Å². The van der Waals surface area contributed by atoms with Gasteiger partial charge in [0.1, 0.15) is 16.7 Å². The Labute approximate surface area is 161 Å². The number of thiazole rings is 1. The van der Waals surface area contributed by atoms with E-state index in [4.69, 9.17) is 9.26 Å². The number of benzene rings is 1. The first-order valence-electron chi connectivity index (χ1n) is 8.80. The van der Waals surface area contributed by atoms with E-state index in [0.717, 1.165) is 29.1 Å². The van der Waals surface area contributed by atoms with Gasteiger partial charge in [-0.1, -0.05) is 17.3 Å². The highest BCUT2D eigenvalue weighted by Crippen LogP contribution is 2.35. The van der Waals surface area contributed by atoms with Crippen molar-refractivity contribution in [1.82, 2.24) is 20.0 Å². The largest absolute Gasteiger partial charge is 0.496 e. The second kappa shape index (κ2) is 7.11. The van der Waals surface area contributed by atoms with Crippen molar-refractivity contribution < 1.29 is 14.1 Å². The number of ether oxygens (including phenoxy) is 1. The Morgan fingerprint density at radius 2 is 2.11 bits per heavy atom. The number of para-hydroxylation sites is 1. The predicted molar refractivity (Wildman–Crippen MR) is 101 cm³/mol. The fraction of sp³-hybridized carbons (Fsp3) is 0.368. The second-order valence-corrected chi connectivity index (χ2v) is 7.66. The van der Waals surface area contributed by atoms with Gasteiger partial charge in [-0.25, -0.2) is 4.98 Å². The summed E-state index contributed by atoms with van der Waals surface area (Å²) in [6, 6.07) is 7.31. The Morgan fingerprint density at radius 1 is 1.30 bits per heavy atom. The monoisotopic (exact) mass is 384 g/mol. The molecule has 3 aromatic rings. The molecule has 1 aromatic carbocycles. The Balaban J connectivity index is 1.62. The first-order chi connectivity index (χ1) is 13.1. The summed E-state index contributed by atoms with van der Waals surface area (Å²) in [5.74, 6) is 1.59. The van der Waals surface area contributed by atoms with Crippen LogP contribution >= 0.6 is 11.3 Å². The molecule has 1 aliphatic rings. The lowest BCUT2D eigenvalue weighted by Gasteiger charge is -2.21. The number of aryl methyl sites for hydroxylation is 2. The molecule has 1 amide bonds. The highest BCUT2D eigenvalue weighted by Gasteiger charge is 2.36. The molecule has 2 aromatic heterocycles. The number of rotatable bonds is 4. The van der Waals surface area contributed by atoms with E-state index in [-0.39, 0.29) is 11.9 Å². The zero-order valence-corrected chi connectivity index (χ0v) is 16.2. The summed E-state index contributed by atoms with van der Waals surface area (Å²) in [6.07, 6.45) is 1.70. The summed E-state index contributed by atoms with van der Waals surface area (Å²) < 4.78 is 10.9. The number of amides is 1. The predicted octanol–water partition coefficient (Wildman–Crippen LogP) is 3.80. The standard InChI is InChI=1S/C19H20N4O3S/c1-11-16(27-12(2)20-11)19(24)23-10-6-8-14(23)18-21-17(22-26-18)13-7-4-5-9-15(13)25-3/h4-5,7,9,14H,6,8,10H2,1-3H3. The fourth-order valence-electron chi connectivity index (χ4n) is 3.44. The van der Waals surface area contributed by atoms with E-state index in [1.165, 1.54) is 11.3 Å². The number of carbonyl (C=O) groups excluding carboxylic acids is 1. The molecule has 8 heteroatoms. The lowest BCUT2D eigenvalue weighted by atomic mass is 10.2. The lowest BCUT2D eigenvalue weighted by Crippen LogP contribution is -2.30. The van der Waals surface area contributed by atoms with E-state index in [2.05, 4.69) is 15.1 Å². The summed E-state index contributed by atoms with van der Waals surface area (Å²) in [5, 5.41) is 5.01. The van der Waals surface area contributed by atoms with Crippen LogP contribution in [0.3, 0.4) is 0 Å².